The Kier molecular flexibility index (Phi) is 6.07. The molecule has 2 N–H and O–H groups in total. The third-order valence-corrected chi connectivity index (χ3v) is 4.04. The Labute approximate surface area is 161 Å². The fraction of sp³-hybridized carbons (Fsp3) is 0.0476. The molecule has 6 heteroatoms. The lowest BCUT2D eigenvalue weighted by Gasteiger charge is -2.11. The highest BCUT2D eigenvalue weighted by Gasteiger charge is 2.09. The van der Waals surface area contributed by atoms with E-state index in [2.05, 4.69) is 10.9 Å². The first-order valence-electron chi connectivity index (χ1n) is 8.25. The van der Waals surface area contributed by atoms with Crippen LogP contribution in [0.4, 0.5) is 0 Å². The van der Waals surface area contributed by atoms with E-state index in [1.54, 1.807) is 42.5 Å². The van der Waals surface area contributed by atoms with E-state index in [0.29, 0.717) is 16.3 Å². The molecule has 0 saturated heterocycles. The topological polar surface area (TPSA) is 67.4 Å². The predicted octanol–water partition coefficient (Wildman–Crippen LogP) is 3.85. The summed E-state index contributed by atoms with van der Waals surface area (Å²) in [4.78, 5) is 23.7. The molecule has 0 aliphatic rings. The number of hydrogen-bond acceptors (Lipinski definition) is 3. The van der Waals surface area contributed by atoms with Crippen molar-refractivity contribution in [2.75, 3.05) is 6.61 Å². The SMILES string of the molecule is O=C(COc1ccc(-c2ccccc2)cc1Cl)NNC(=O)c1ccccc1. The second-order valence-corrected chi connectivity index (χ2v) is 6.08. The Bertz CT molecular complexity index is 931. The van der Waals surface area contributed by atoms with E-state index >= 15 is 0 Å². The van der Waals surface area contributed by atoms with Crippen molar-refractivity contribution in [2.24, 2.45) is 0 Å². The Balaban J connectivity index is 1.52. The summed E-state index contributed by atoms with van der Waals surface area (Å²) in [7, 11) is 0. The van der Waals surface area contributed by atoms with E-state index in [4.69, 9.17) is 16.3 Å². The van der Waals surface area contributed by atoms with Crippen LogP contribution >= 0.6 is 11.6 Å². The number of hydrazine groups is 1. The summed E-state index contributed by atoms with van der Waals surface area (Å²) < 4.78 is 5.43. The summed E-state index contributed by atoms with van der Waals surface area (Å²) in [5.41, 5.74) is 7.06. The summed E-state index contributed by atoms with van der Waals surface area (Å²) in [5, 5.41) is 0.400. The molecule has 2 amide bonds. The van der Waals surface area contributed by atoms with Crippen molar-refractivity contribution in [3.63, 3.8) is 0 Å². The second kappa shape index (κ2) is 8.87. The molecule has 0 heterocycles. The molecular weight excluding hydrogens is 364 g/mol. The standard InChI is InChI=1S/C21H17ClN2O3/c22-18-13-17(15-7-3-1-4-8-15)11-12-19(18)27-14-20(25)23-24-21(26)16-9-5-2-6-10-16/h1-13H,14H2,(H,23,25)(H,24,26). The molecule has 0 unspecified atom stereocenters. The van der Waals surface area contributed by atoms with Gasteiger partial charge in [-0.2, -0.15) is 0 Å². The van der Waals surface area contributed by atoms with E-state index < -0.39 is 11.8 Å². The van der Waals surface area contributed by atoms with Gasteiger partial charge in [0.1, 0.15) is 5.75 Å². The van der Waals surface area contributed by atoms with Crippen LogP contribution in [0.25, 0.3) is 11.1 Å². The zero-order valence-corrected chi connectivity index (χ0v) is 15.1. The number of amides is 2. The fourth-order valence-corrected chi connectivity index (χ4v) is 2.63. The number of halogens is 1. The zero-order chi connectivity index (χ0) is 19.1. The van der Waals surface area contributed by atoms with Crippen LogP contribution in [-0.4, -0.2) is 18.4 Å². The van der Waals surface area contributed by atoms with Gasteiger partial charge in [0, 0.05) is 5.56 Å². The van der Waals surface area contributed by atoms with Gasteiger partial charge in [-0.05, 0) is 35.4 Å². The number of carbonyl (C=O) groups is 2. The number of nitrogens with one attached hydrogen (secondary N) is 2. The predicted molar refractivity (Wildman–Crippen MR) is 104 cm³/mol. The maximum atomic E-state index is 11.9. The van der Waals surface area contributed by atoms with E-state index in [-0.39, 0.29) is 6.61 Å². The lowest BCUT2D eigenvalue weighted by Crippen LogP contribution is -2.43. The number of ether oxygens (including phenoxy) is 1. The average Bonchev–Trinajstić information content (AvgIpc) is 2.72. The average molecular weight is 381 g/mol. The highest BCUT2D eigenvalue weighted by Crippen LogP contribution is 2.30. The Morgan fingerprint density at radius 2 is 1.48 bits per heavy atom. The van der Waals surface area contributed by atoms with Crippen LogP contribution < -0.4 is 15.6 Å². The van der Waals surface area contributed by atoms with Gasteiger partial charge in [0.25, 0.3) is 11.8 Å². The van der Waals surface area contributed by atoms with Crippen molar-refractivity contribution in [2.45, 2.75) is 0 Å². The first-order chi connectivity index (χ1) is 13.1. The van der Waals surface area contributed by atoms with Gasteiger partial charge in [-0.1, -0.05) is 66.2 Å². The van der Waals surface area contributed by atoms with Crippen molar-refractivity contribution >= 4 is 23.4 Å². The summed E-state index contributed by atoms with van der Waals surface area (Å²) in [6.45, 7) is -0.278. The van der Waals surface area contributed by atoms with Gasteiger partial charge in [0.2, 0.25) is 0 Å². The fourth-order valence-electron chi connectivity index (χ4n) is 2.40. The van der Waals surface area contributed by atoms with Gasteiger partial charge < -0.3 is 4.74 Å². The van der Waals surface area contributed by atoms with E-state index in [0.717, 1.165) is 11.1 Å². The first-order valence-corrected chi connectivity index (χ1v) is 8.63. The molecule has 136 valence electrons. The van der Waals surface area contributed by atoms with Gasteiger partial charge in [0.05, 0.1) is 5.02 Å². The maximum absolute atomic E-state index is 11.9. The quantitative estimate of drug-likeness (QED) is 0.661. The summed E-state index contributed by atoms with van der Waals surface area (Å²) in [6.07, 6.45) is 0. The number of rotatable bonds is 5. The number of hydrogen-bond donors (Lipinski definition) is 2. The van der Waals surface area contributed by atoms with Crippen LogP contribution in [0, 0.1) is 0 Å². The van der Waals surface area contributed by atoms with Crippen molar-refractivity contribution in [3.05, 3.63) is 89.4 Å². The van der Waals surface area contributed by atoms with Crippen molar-refractivity contribution in [1.82, 2.24) is 10.9 Å². The molecule has 3 rings (SSSR count). The van der Waals surface area contributed by atoms with Crippen LogP contribution in [-0.2, 0) is 4.79 Å². The van der Waals surface area contributed by atoms with Crippen molar-refractivity contribution in [3.8, 4) is 16.9 Å². The van der Waals surface area contributed by atoms with Crippen LogP contribution in [0.3, 0.4) is 0 Å². The van der Waals surface area contributed by atoms with Gasteiger partial charge in [0.15, 0.2) is 6.61 Å². The number of carbonyl (C=O) groups excluding carboxylic acids is 2. The maximum Gasteiger partial charge on any atom is 0.276 e. The van der Waals surface area contributed by atoms with Gasteiger partial charge in [-0.25, -0.2) is 0 Å². The largest absolute Gasteiger partial charge is 0.482 e. The van der Waals surface area contributed by atoms with Crippen molar-refractivity contribution in [1.29, 1.82) is 0 Å². The summed E-state index contributed by atoms with van der Waals surface area (Å²) >= 11 is 6.24. The molecule has 3 aromatic carbocycles. The highest BCUT2D eigenvalue weighted by molar-refractivity contribution is 6.32. The van der Waals surface area contributed by atoms with Crippen LogP contribution in [0.2, 0.25) is 5.02 Å². The normalized spacial score (nSPS) is 10.1. The van der Waals surface area contributed by atoms with Crippen LogP contribution in [0.15, 0.2) is 78.9 Å². The zero-order valence-electron chi connectivity index (χ0n) is 14.3. The van der Waals surface area contributed by atoms with Gasteiger partial charge in [-0.3, -0.25) is 20.4 Å². The molecule has 0 aliphatic heterocycles. The monoisotopic (exact) mass is 380 g/mol. The lowest BCUT2D eigenvalue weighted by atomic mass is 10.1. The minimum absolute atomic E-state index is 0.278. The molecule has 5 nitrogen and oxygen atoms in total. The molecule has 3 aromatic rings. The summed E-state index contributed by atoms with van der Waals surface area (Å²) in [6, 6.07) is 23.7. The third kappa shape index (κ3) is 5.09. The minimum atomic E-state index is -0.498. The molecule has 0 aromatic heterocycles. The first kappa shape index (κ1) is 18.5. The molecule has 0 radical (unpaired) electrons. The van der Waals surface area contributed by atoms with Gasteiger partial charge >= 0.3 is 0 Å². The van der Waals surface area contributed by atoms with Gasteiger partial charge in [-0.15, -0.1) is 0 Å². The Hall–Kier alpha value is -3.31. The molecule has 27 heavy (non-hydrogen) atoms. The van der Waals surface area contributed by atoms with Crippen molar-refractivity contribution < 1.29 is 14.3 Å². The second-order valence-electron chi connectivity index (χ2n) is 5.67. The van der Waals surface area contributed by atoms with E-state index in [1.165, 1.54) is 0 Å². The van der Waals surface area contributed by atoms with E-state index in [1.807, 2.05) is 36.4 Å². The molecule has 0 spiro atoms. The van der Waals surface area contributed by atoms with Crippen LogP contribution in [0.1, 0.15) is 10.4 Å². The molecule has 0 atom stereocenters. The Morgan fingerprint density at radius 1 is 0.815 bits per heavy atom. The highest BCUT2D eigenvalue weighted by atomic mass is 35.5. The molecule has 0 saturated carbocycles. The minimum Gasteiger partial charge on any atom is -0.482 e. The third-order valence-electron chi connectivity index (χ3n) is 3.75. The lowest BCUT2D eigenvalue weighted by molar-refractivity contribution is -0.123. The summed E-state index contributed by atoms with van der Waals surface area (Å²) in [5.74, 6) is -0.516. The molecule has 0 aliphatic carbocycles. The molecule has 0 fully saturated rings. The Morgan fingerprint density at radius 3 is 2.15 bits per heavy atom. The molecule has 0 bridgehead atoms. The van der Waals surface area contributed by atoms with Crippen LogP contribution in [0.5, 0.6) is 5.75 Å². The molecular formula is C21H17ClN2O3. The number of benzene rings is 3. The van der Waals surface area contributed by atoms with E-state index in [9.17, 15) is 9.59 Å². The smallest absolute Gasteiger partial charge is 0.276 e.